The fourth-order valence-electron chi connectivity index (χ4n) is 3.38. The zero-order chi connectivity index (χ0) is 18.1. The lowest BCUT2D eigenvalue weighted by atomic mass is 9.95. The Balaban J connectivity index is 1.39. The minimum Gasteiger partial charge on any atom is -0.369 e. The Kier molecular flexibility index (Phi) is 4.59. The number of nitrogens with zero attached hydrogens (tertiary/aromatic N) is 2. The third kappa shape index (κ3) is 3.42. The first kappa shape index (κ1) is 17.0. The minimum atomic E-state index is -0.208. The quantitative estimate of drug-likeness (QED) is 0.734. The molecule has 0 bridgehead atoms. The molecular formula is C20H20FN3OS. The van der Waals surface area contributed by atoms with E-state index in [-0.39, 0.29) is 17.6 Å². The predicted molar refractivity (Wildman–Crippen MR) is 104 cm³/mol. The number of piperidine rings is 1. The van der Waals surface area contributed by atoms with Crippen LogP contribution < -0.4 is 10.2 Å². The van der Waals surface area contributed by atoms with Gasteiger partial charge in [-0.1, -0.05) is 29.5 Å². The van der Waals surface area contributed by atoms with Crippen molar-refractivity contribution in [2.75, 3.05) is 23.3 Å². The molecule has 2 aromatic carbocycles. The first-order chi connectivity index (χ1) is 12.6. The van der Waals surface area contributed by atoms with Gasteiger partial charge in [-0.15, -0.1) is 0 Å². The summed E-state index contributed by atoms with van der Waals surface area (Å²) in [7, 11) is 0. The van der Waals surface area contributed by atoms with Crippen molar-refractivity contribution in [2.45, 2.75) is 19.8 Å². The number of hydrogen-bond acceptors (Lipinski definition) is 4. The number of para-hydroxylation sites is 1. The number of hydrogen-bond donors (Lipinski definition) is 1. The molecule has 26 heavy (non-hydrogen) atoms. The summed E-state index contributed by atoms with van der Waals surface area (Å²) in [5, 5.41) is 3.61. The molecule has 0 saturated carbocycles. The van der Waals surface area contributed by atoms with Crippen LogP contribution in [0.1, 0.15) is 18.4 Å². The Labute approximate surface area is 155 Å². The first-order valence-corrected chi connectivity index (χ1v) is 9.59. The Morgan fingerprint density at radius 1 is 1.23 bits per heavy atom. The van der Waals surface area contributed by atoms with Gasteiger partial charge in [-0.25, -0.2) is 9.37 Å². The molecule has 0 radical (unpaired) electrons. The molecule has 0 atom stereocenters. The Morgan fingerprint density at radius 2 is 2.00 bits per heavy atom. The van der Waals surface area contributed by atoms with Gasteiger partial charge in [-0.3, -0.25) is 4.79 Å². The number of anilines is 2. The van der Waals surface area contributed by atoms with Gasteiger partial charge < -0.3 is 10.2 Å². The second kappa shape index (κ2) is 7.03. The highest BCUT2D eigenvalue weighted by molar-refractivity contribution is 7.22. The van der Waals surface area contributed by atoms with Crippen LogP contribution in [0.2, 0.25) is 0 Å². The van der Waals surface area contributed by atoms with Gasteiger partial charge in [-0.05, 0) is 49.6 Å². The second-order valence-electron chi connectivity index (χ2n) is 6.69. The van der Waals surface area contributed by atoms with Crippen molar-refractivity contribution >= 4 is 38.3 Å². The molecule has 0 aliphatic carbocycles. The third-order valence-corrected chi connectivity index (χ3v) is 5.77. The zero-order valence-electron chi connectivity index (χ0n) is 14.5. The SMILES string of the molecule is Cc1ccc2nc(NC(=O)C3CCN(c4ccccc4F)CC3)sc2c1. The van der Waals surface area contributed by atoms with Crippen LogP contribution in [-0.2, 0) is 4.79 Å². The lowest BCUT2D eigenvalue weighted by Crippen LogP contribution is -2.38. The summed E-state index contributed by atoms with van der Waals surface area (Å²) in [5.74, 6) is -0.263. The second-order valence-corrected chi connectivity index (χ2v) is 7.72. The largest absolute Gasteiger partial charge is 0.369 e. The fourth-order valence-corrected chi connectivity index (χ4v) is 4.35. The number of amides is 1. The van der Waals surface area contributed by atoms with Gasteiger partial charge in [0, 0.05) is 19.0 Å². The summed E-state index contributed by atoms with van der Waals surface area (Å²) in [4.78, 5) is 19.1. The summed E-state index contributed by atoms with van der Waals surface area (Å²) < 4.78 is 15.0. The van der Waals surface area contributed by atoms with Crippen molar-refractivity contribution in [1.82, 2.24) is 4.98 Å². The Morgan fingerprint density at radius 3 is 2.77 bits per heavy atom. The van der Waals surface area contributed by atoms with Crippen LogP contribution in [0.3, 0.4) is 0 Å². The lowest BCUT2D eigenvalue weighted by molar-refractivity contribution is -0.120. The van der Waals surface area contributed by atoms with Gasteiger partial charge in [0.25, 0.3) is 0 Å². The average Bonchev–Trinajstić information content (AvgIpc) is 3.03. The van der Waals surface area contributed by atoms with Crippen molar-refractivity contribution in [3.05, 3.63) is 53.8 Å². The van der Waals surface area contributed by atoms with Crippen LogP contribution in [0.25, 0.3) is 10.2 Å². The van der Waals surface area contributed by atoms with Crippen LogP contribution in [0, 0.1) is 18.7 Å². The van der Waals surface area contributed by atoms with E-state index < -0.39 is 0 Å². The molecule has 2 heterocycles. The Hall–Kier alpha value is -2.47. The molecule has 4 nitrogen and oxygen atoms in total. The van der Waals surface area contributed by atoms with Crippen LogP contribution in [0.4, 0.5) is 15.2 Å². The topological polar surface area (TPSA) is 45.2 Å². The smallest absolute Gasteiger partial charge is 0.229 e. The van der Waals surface area contributed by atoms with E-state index >= 15 is 0 Å². The highest BCUT2D eigenvalue weighted by Crippen LogP contribution is 2.29. The average molecular weight is 369 g/mol. The first-order valence-electron chi connectivity index (χ1n) is 8.78. The molecule has 6 heteroatoms. The molecule has 1 aromatic heterocycles. The lowest BCUT2D eigenvalue weighted by Gasteiger charge is -2.33. The van der Waals surface area contributed by atoms with Gasteiger partial charge in [0.15, 0.2) is 5.13 Å². The fraction of sp³-hybridized carbons (Fsp3) is 0.300. The van der Waals surface area contributed by atoms with Crippen molar-refractivity contribution in [2.24, 2.45) is 5.92 Å². The van der Waals surface area contributed by atoms with Crippen molar-refractivity contribution in [3.63, 3.8) is 0 Å². The monoisotopic (exact) mass is 369 g/mol. The van der Waals surface area contributed by atoms with E-state index in [4.69, 9.17) is 0 Å². The van der Waals surface area contributed by atoms with E-state index in [0.29, 0.717) is 36.8 Å². The van der Waals surface area contributed by atoms with Gasteiger partial charge >= 0.3 is 0 Å². The summed E-state index contributed by atoms with van der Waals surface area (Å²) in [6.07, 6.45) is 1.42. The molecule has 1 fully saturated rings. The molecule has 1 aliphatic heterocycles. The maximum atomic E-state index is 13.9. The van der Waals surface area contributed by atoms with E-state index in [1.165, 1.54) is 23.0 Å². The molecule has 0 unspecified atom stereocenters. The highest BCUT2D eigenvalue weighted by atomic mass is 32.1. The maximum Gasteiger partial charge on any atom is 0.229 e. The molecule has 134 valence electrons. The number of carbonyl (C=O) groups excluding carboxylic acids is 1. The standard InChI is InChI=1S/C20H20FN3OS/c1-13-6-7-16-18(12-13)26-20(22-16)23-19(25)14-8-10-24(11-9-14)17-5-3-2-4-15(17)21/h2-7,12,14H,8-11H2,1H3,(H,22,23,25). The summed E-state index contributed by atoms with van der Waals surface area (Å²) in [6.45, 7) is 3.40. The zero-order valence-corrected chi connectivity index (χ0v) is 15.4. The van der Waals surface area contributed by atoms with Crippen LogP contribution in [0.5, 0.6) is 0 Å². The van der Waals surface area contributed by atoms with Crippen molar-refractivity contribution < 1.29 is 9.18 Å². The summed E-state index contributed by atoms with van der Waals surface area (Å²) in [6, 6.07) is 12.9. The molecule has 3 aromatic rings. The molecule has 1 amide bonds. The van der Waals surface area contributed by atoms with E-state index in [1.54, 1.807) is 12.1 Å². The van der Waals surface area contributed by atoms with Gasteiger partial charge in [0.1, 0.15) is 5.82 Å². The maximum absolute atomic E-state index is 13.9. The molecule has 1 N–H and O–H groups in total. The van der Waals surface area contributed by atoms with Gasteiger partial charge in [-0.2, -0.15) is 0 Å². The summed E-state index contributed by atoms with van der Waals surface area (Å²) >= 11 is 1.50. The number of fused-ring (bicyclic) bond motifs is 1. The molecule has 0 spiro atoms. The number of nitrogens with one attached hydrogen (secondary N) is 1. The van der Waals surface area contributed by atoms with E-state index in [0.717, 1.165) is 10.2 Å². The van der Waals surface area contributed by atoms with Crippen LogP contribution in [-0.4, -0.2) is 24.0 Å². The molecule has 4 rings (SSSR count). The number of carbonyl (C=O) groups is 1. The normalized spacial score (nSPS) is 15.4. The van der Waals surface area contributed by atoms with E-state index in [1.807, 2.05) is 30.0 Å². The number of aromatic nitrogens is 1. The Bertz CT molecular complexity index is 947. The van der Waals surface area contributed by atoms with Gasteiger partial charge in [0.2, 0.25) is 5.91 Å². The van der Waals surface area contributed by atoms with Crippen molar-refractivity contribution in [3.8, 4) is 0 Å². The molecular weight excluding hydrogens is 349 g/mol. The van der Waals surface area contributed by atoms with E-state index in [9.17, 15) is 9.18 Å². The number of rotatable bonds is 3. The van der Waals surface area contributed by atoms with Crippen LogP contribution >= 0.6 is 11.3 Å². The molecule has 1 aliphatic rings. The number of benzene rings is 2. The van der Waals surface area contributed by atoms with Crippen molar-refractivity contribution in [1.29, 1.82) is 0 Å². The minimum absolute atomic E-state index is 0.00830. The third-order valence-electron chi connectivity index (χ3n) is 4.83. The number of halogens is 1. The van der Waals surface area contributed by atoms with Crippen LogP contribution in [0.15, 0.2) is 42.5 Å². The summed E-state index contributed by atoms with van der Waals surface area (Å²) in [5.41, 5.74) is 2.71. The van der Waals surface area contributed by atoms with Gasteiger partial charge in [0.05, 0.1) is 15.9 Å². The molecule has 1 saturated heterocycles. The van der Waals surface area contributed by atoms with E-state index in [2.05, 4.69) is 16.4 Å². The number of aryl methyl sites for hydroxylation is 1. The number of thiazole rings is 1. The predicted octanol–water partition coefficient (Wildman–Crippen LogP) is 4.60. The highest BCUT2D eigenvalue weighted by Gasteiger charge is 2.26.